The molecule has 0 amide bonds. The van der Waals surface area contributed by atoms with E-state index in [0.29, 0.717) is 12.3 Å². The van der Waals surface area contributed by atoms with E-state index in [4.69, 9.17) is 15.2 Å². The van der Waals surface area contributed by atoms with Crippen LogP contribution in [0.5, 0.6) is 11.8 Å². The van der Waals surface area contributed by atoms with E-state index >= 15 is 0 Å². The van der Waals surface area contributed by atoms with Gasteiger partial charge in [0, 0.05) is 5.56 Å². The molecule has 0 aliphatic carbocycles. The van der Waals surface area contributed by atoms with E-state index in [-0.39, 0.29) is 0 Å². The van der Waals surface area contributed by atoms with Crippen molar-refractivity contribution >= 4 is 5.69 Å². The summed E-state index contributed by atoms with van der Waals surface area (Å²) in [4.78, 5) is 0. The third-order valence-electron chi connectivity index (χ3n) is 2.86. The topological polar surface area (TPSA) is 80.1 Å². The third-order valence-corrected chi connectivity index (χ3v) is 2.86. The minimum Gasteiger partial charge on any atom is -0.476 e. The summed E-state index contributed by atoms with van der Waals surface area (Å²) >= 11 is 0. The van der Waals surface area contributed by atoms with E-state index in [0.717, 1.165) is 37.0 Å². The summed E-state index contributed by atoms with van der Waals surface area (Å²) in [5.74, 6) is 1.66. The monoisotopic (exact) mass is 249 g/mol. The Balaban J connectivity index is 0.000000111. The van der Waals surface area contributed by atoms with Crippen LogP contribution in [0.25, 0.3) is 0 Å². The molecule has 0 unspecified atom stereocenters. The first kappa shape index (κ1) is 10.9. The zero-order valence-corrected chi connectivity index (χ0v) is 10.2. The highest BCUT2D eigenvalue weighted by Crippen LogP contribution is 2.23. The minimum absolute atomic E-state index is 0.632. The number of hydrogen-bond acceptors (Lipinski definition) is 5. The molecule has 96 valence electrons. The predicted octanol–water partition coefficient (Wildman–Crippen LogP) is 0.442. The van der Waals surface area contributed by atoms with Gasteiger partial charge in [-0.1, -0.05) is 0 Å². The summed E-state index contributed by atoms with van der Waals surface area (Å²) < 4.78 is 14.1. The Morgan fingerprint density at radius 3 is 2.33 bits per heavy atom. The average molecular weight is 249 g/mol. The van der Waals surface area contributed by atoms with Gasteiger partial charge < -0.3 is 15.2 Å². The molecule has 4 rings (SSSR count). The molecule has 2 aromatic rings. The lowest BCUT2D eigenvalue weighted by atomic mass is 10.4. The number of nitrogen functional groups attached to an aromatic ring is 1. The summed E-state index contributed by atoms with van der Waals surface area (Å²) in [5.41, 5.74) is 7.25. The minimum atomic E-state index is 0.632. The van der Waals surface area contributed by atoms with Crippen molar-refractivity contribution in [3.63, 3.8) is 0 Å². The van der Waals surface area contributed by atoms with Crippen LogP contribution in [0.1, 0.15) is 5.56 Å². The van der Waals surface area contributed by atoms with Gasteiger partial charge in [-0.2, -0.15) is 10.2 Å². The molecular weight excluding hydrogens is 234 g/mol. The van der Waals surface area contributed by atoms with Crippen molar-refractivity contribution in [2.45, 2.75) is 20.0 Å². The van der Waals surface area contributed by atoms with E-state index in [1.807, 2.05) is 17.8 Å². The molecule has 2 aliphatic heterocycles. The van der Waals surface area contributed by atoms with Gasteiger partial charge in [-0.25, -0.2) is 9.36 Å². The van der Waals surface area contributed by atoms with Gasteiger partial charge >= 0.3 is 0 Å². The Morgan fingerprint density at radius 2 is 1.67 bits per heavy atom. The van der Waals surface area contributed by atoms with Crippen LogP contribution in [0.4, 0.5) is 5.69 Å². The zero-order valence-electron chi connectivity index (χ0n) is 10.2. The first-order valence-corrected chi connectivity index (χ1v) is 5.85. The fourth-order valence-corrected chi connectivity index (χ4v) is 1.98. The Bertz CT molecular complexity index is 510. The number of ether oxygens (including phenoxy) is 2. The van der Waals surface area contributed by atoms with Crippen molar-refractivity contribution < 1.29 is 9.47 Å². The summed E-state index contributed by atoms with van der Waals surface area (Å²) in [7, 11) is 0. The molecule has 0 fully saturated rings. The molecule has 7 nitrogen and oxygen atoms in total. The highest BCUT2D eigenvalue weighted by atomic mass is 16.5. The van der Waals surface area contributed by atoms with Crippen molar-refractivity contribution in [3.8, 4) is 11.8 Å². The fraction of sp³-hybridized carbons (Fsp3) is 0.455. The average Bonchev–Trinajstić information content (AvgIpc) is 3.06. The summed E-state index contributed by atoms with van der Waals surface area (Å²) in [6.45, 7) is 5.22. The van der Waals surface area contributed by atoms with Crippen molar-refractivity contribution in [3.05, 3.63) is 18.0 Å². The first-order valence-electron chi connectivity index (χ1n) is 5.85. The van der Waals surface area contributed by atoms with Crippen molar-refractivity contribution in [2.75, 3.05) is 18.9 Å². The van der Waals surface area contributed by atoms with Crippen LogP contribution in [0, 0.1) is 6.92 Å². The lowest BCUT2D eigenvalue weighted by Gasteiger charge is -1.90. The van der Waals surface area contributed by atoms with E-state index < -0.39 is 0 Å². The quantitative estimate of drug-likeness (QED) is 0.733. The molecule has 4 heterocycles. The van der Waals surface area contributed by atoms with Gasteiger partial charge in [0.2, 0.25) is 11.8 Å². The van der Waals surface area contributed by atoms with Crippen LogP contribution in [0.15, 0.2) is 12.4 Å². The molecule has 0 atom stereocenters. The molecule has 0 radical (unpaired) electrons. The number of aryl methyl sites for hydroxylation is 1. The van der Waals surface area contributed by atoms with E-state index in [1.165, 1.54) is 0 Å². The summed E-state index contributed by atoms with van der Waals surface area (Å²) in [6.07, 6.45) is 3.43. The fourth-order valence-electron chi connectivity index (χ4n) is 1.98. The lowest BCUT2D eigenvalue weighted by molar-refractivity contribution is 0.354. The number of fused-ring (bicyclic) bond motifs is 2. The predicted molar refractivity (Wildman–Crippen MR) is 64.6 cm³/mol. The van der Waals surface area contributed by atoms with Crippen molar-refractivity contribution in [1.82, 2.24) is 19.6 Å². The standard InChI is InChI=1S/C6H8N2O.C5H7N3O/c1-5-4-7-8-2-3-9-6(5)8;6-4-3-7-8-1-2-9-5(4)8/h4H,2-3H2,1H3;3H,1-2,6H2. The molecule has 18 heavy (non-hydrogen) atoms. The molecule has 0 saturated heterocycles. The van der Waals surface area contributed by atoms with Gasteiger partial charge in [0.05, 0.1) is 25.5 Å². The number of nitrogens with two attached hydrogens (primary N) is 1. The highest BCUT2D eigenvalue weighted by Gasteiger charge is 2.15. The van der Waals surface area contributed by atoms with Crippen LogP contribution in [-0.2, 0) is 13.1 Å². The molecule has 0 aromatic carbocycles. The Labute approximate surface area is 104 Å². The van der Waals surface area contributed by atoms with Crippen LogP contribution >= 0.6 is 0 Å². The molecule has 2 aromatic heterocycles. The number of hydrogen-bond donors (Lipinski definition) is 1. The second-order valence-electron chi connectivity index (χ2n) is 4.18. The van der Waals surface area contributed by atoms with Gasteiger partial charge in [0.15, 0.2) is 0 Å². The summed E-state index contributed by atoms with van der Waals surface area (Å²) in [5, 5.41) is 8.05. The Hall–Kier alpha value is -2.18. The number of anilines is 1. The van der Waals surface area contributed by atoms with Gasteiger partial charge in [-0.05, 0) is 6.92 Å². The van der Waals surface area contributed by atoms with E-state index in [2.05, 4.69) is 10.2 Å². The van der Waals surface area contributed by atoms with Crippen LogP contribution < -0.4 is 15.2 Å². The number of rotatable bonds is 0. The SMILES string of the molecule is Cc1cnn2c1OCC2.Nc1cnn2c1OCC2. The maximum atomic E-state index is 5.48. The van der Waals surface area contributed by atoms with Crippen molar-refractivity contribution in [2.24, 2.45) is 0 Å². The Kier molecular flexibility index (Phi) is 2.58. The van der Waals surface area contributed by atoms with Gasteiger partial charge in [-0.3, -0.25) is 0 Å². The second-order valence-corrected chi connectivity index (χ2v) is 4.18. The Morgan fingerprint density at radius 1 is 1.06 bits per heavy atom. The smallest absolute Gasteiger partial charge is 0.235 e. The van der Waals surface area contributed by atoms with Gasteiger partial charge in [0.25, 0.3) is 0 Å². The normalized spacial score (nSPS) is 15.2. The molecular formula is C11H15N5O2. The van der Waals surface area contributed by atoms with Gasteiger partial charge in [-0.15, -0.1) is 0 Å². The third kappa shape index (κ3) is 1.77. The second kappa shape index (κ2) is 4.25. The first-order chi connectivity index (χ1) is 8.75. The summed E-state index contributed by atoms with van der Waals surface area (Å²) in [6, 6.07) is 0. The number of nitrogens with zero attached hydrogens (tertiary/aromatic N) is 4. The van der Waals surface area contributed by atoms with Crippen LogP contribution in [0.3, 0.4) is 0 Å². The maximum absolute atomic E-state index is 5.48. The lowest BCUT2D eigenvalue weighted by Crippen LogP contribution is -1.93. The van der Waals surface area contributed by atoms with Crippen LogP contribution in [-0.4, -0.2) is 32.8 Å². The molecule has 0 spiro atoms. The molecule has 7 heteroatoms. The van der Waals surface area contributed by atoms with Gasteiger partial charge in [0.1, 0.15) is 18.9 Å². The number of aromatic nitrogens is 4. The molecule has 0 bridgehead atoms. The molecule has 2 aliphatic rings. The maximum Gasteiger partial charge on any atom is 0.235 e. The van der Waals surface area contributed by atoms with E-state index in [1.54, 1.807) is 10.9 Å². The van der Waals surface area contributed by atoms with Crippen molar-refractivity contribution in [1.29, 1.82) is 0 Å². The molecule has 0 saturated carbocycles. The highest BCUT2D eigenvalue weighted by molar-refractivity contribution is 5.47. The zero-order chi connectivity index (χ0) is 12.5. The molecule has 2 N–H and O–H groups in total. The largest absolute Gasteiger partial charge is 0.476 e. The van der Waals surface area contributed by atoms with Crippen LogP contribution in [0.2, 0.25) is 0 Å². The van der Waals surface area contributed by atoms with E-state index in [9.17, 15) is 0 Å².